The van der Waals surface area contributed by atoms with Gasteiger partial charge in [-0.3, -0.25) is 0 Å². The van der Waals surface area contributed by atoms with Crippen molar-refractivity contribution in [3.8, 4) is 0 Å². The van der Waals surface area contributed by atoms with Crippen molar-refractivity contribution in [2.24, 2.45) is 11.8 Å². The molecular formula is C9H18O. The van der Waals surface area contributed by atoms with E-state index in [4.69, 9.17) is 0 Å². The molecule has 0 aromatic heterocycles. The molecule has 0 aromatic rings. The molecule has 1 aliphatic carbocycles. The maximum atomic E-state index is 9.39. The predicted molar refractivity (Wildman–Crippen MR) is 42.8 cm³/mol. The van der Waals surface area contributed by atoms with Gasteiger partial charge in [-0.05, 0) is 31.1 Å². The largest absolute Gasteiger partial charge is 0.393 e. The van der Waals surface area contributed by atoms with E-state index in [1.807, 2.05) is 0 Å². The molecule has 1 N–H and O–H groups in total. The van der Waals surface area contributed by atoms with E-state index in [1.165, 1.54) is 19.3 Å². The lowest BCUT2D eigenvalue weighted by Gasteiger charge is -2.30. The maximum absolute atomic E-state index is 9.39. The summed E-state index contributed by atoms with van der Waals surface area (Å²) in [6, 6.07) is 0. The third kappa shape index (κ3) is 1.72. The fourth-order valence-electron chi connectivity index (χ4n) is 1.86. The second-order valence-corrected chi connectivity index (χ2v) is 3.63. The highest BCUT2D eigenvalue weighted by Gasteiger charge is 2.24. The van der Waals surface area contributed by atoms with Crippen LogP contribution >= 0.6 is 0 Å². The van der Waals surface area contributed by atoms with Crippen molar-refractivity contribution in [1.29, 1.82) is 0 Å². The Morgan fingerprint density at radius 1 is 1.40 bits per heavy atom. The summed E-state index contributed by atoms with van der Waals surface area (Å²) in [5.41, 5.74) is 0. The van der Waals surface area contributed by atoms with Crippen molar-refractivity contribution in [2.45, 2.75) is 45.6 Å². The van der Waals surface area contributed by atoms with E-state index in [9.17, 15) is 5.11 Å². The quantitative estimate of drug-likeness (QED) is 0.595. The van der Waals surface area contributed by atoms with Crippen LogP contribution in [0.25, 0.3) is 0 Å². The summed E-state index contributed by atoms with van der Waals surface area (Å²) in [5, 5.41) is 9.39. The van der Waals surface area contributed by atoms with Gasteiger partial charge in [-0.25, -0.2) is 0 Å². The van der Waals surface area contributed by atoms with Gasteiger partial charge in [0.25, 0.3) is 0 Å². The Morgan fingerprint density at radius 2 is 2.10 bits per heavy atom. The van der Waals surface area contributed by atoms with Crippen LogP contribution in [0.1, 0.15) is 39.5 Å². The summed E-state index contributed by atoms with van der Waals surface area (Å²) in [4.78, 5) is 0. The van der Waals surface area contributed by atoms with Crippen LogP contribution in [0.3, 0.4) is 0 Å². The van der Waals surface area contributed by atoms with Crippen LogP contribution in [0.15, 0.2) is 0 Å². The van der Waals surface area contributed by atoms with Gasteiger partial charge in [0.1, 0.15) is 0 Å². The zero-order valence-corrected chi connectivity index (χ0v) is 7.01. The van der Waals surface area contributed by atoms with Gasteiger partial charge in [-0.15, -0.1) is 0 Å². The van der Waals surface area contributed by atoms with Gasteiger partial charge in [0.2, 0.25) is 0 Å². The monoisotopic (exact) mass is 142 g/mol. The molecule has 1 heteroatoms. The first-order valence-corrected chi connectivity index (χ1v) is 4.42. The average Bonchev–Trinajstić information content (AvgIpc) is 1.95. The molecule has 0 saturated heterocycles. The smallest absolute Gasteiger partial charge is 0.0566 e. The van der Waals surface area contributed by atoms with E-state index >= 15 is 0 Å². The molecule has 3 unspecified atom stereocenters. The number of hydrogen-bond donors (Lipinski definition) is 1. The van der Waals surface area contributed by atoms with Gasteiger partial charge in [-0.2, -0.15) is 0 Å². The molecule has 10 heavy (non-hydrogen) atoms. The minimum atomic E-state index is -0.0113. The molecule has 1 nitrogen and oxygen atoms in total. The van der Waals surface area contributed by atoms with Gasteiger partial charge in [-0.1, -0.05) is 20.3 Å². The molecule has 0 radical (unpaired) electrons. The van der Waals surface area contributed by atoms with Crippen LogP contribution in [0.2, 0.25) is 0 Å². The molecule has 0 spiro atoms. The van der Waals surface area contributed by atoms with Crippen molar-refractivity contribution >= 4 is 0 Å². The van der Waals surface area contributed by atoms with Gasteiger partial charge >= 0.3 is 0 Å². The molecule has 1 saturated carbocycles. The number of aliphatic hydroxyl groups excluding tert-OH is 1. The fourth-order valence-corrected chi connectivity index (χ4v) is 1.86. The summed E-state index contributed by atoms with van der Waals surface area (Å²) in [7, 11) is 0. The Kier molecular flexibility index (Phi) is 2.72. The second-order valence-electron chi connectivity index (χ2n) is 3.63. The van der Waals surface area contributed by atoms with Crippen LogP contribution < -0.4 is 0 Å². The maximum Gasteiger partial charge on any atom is 0.0566 e. The molecule has 1 aliphatic rings. The van der Waals surface area contributed by atoms with Crippen molar-refractivity contribution in [3.63, 3.8) is 0 Å². The number of aliphatic hydroxyl groups is 1. The Labute approximate surface area is 63.4 Å². The summed E-state index contributed by atoms with van der Waals surface area (Å²) in [6.07, 6.45) is 4.78. The lowest BCUT2D eigenvalue weighted by atomic mass is 9.79. The van der Waals surface area contributed by atoms with E-state index < -0.39 is 0 Å². The lowest BCUT2D eigenvalue weighted by Crippen LogP contribution is -2.26. The van der Waals surface area contributed by atoms with Crippen LogP contribution in [0.5, 0.6) is 0 Å². The predicted octanol–water partition coefficient (Wildman–Crippen LogP) is 2.19. The zero-order chi connectivity index (χ0) is 7.56. The second kappa shape index (κ2) is 3.38. The molecule has 1 rings (SSSR count). The lowest BCUT2D eigenvalue weighted by molar-refractivity contribution is 0.0565. The molecule has 3 atom stereocenters. The first-order valence-electron chi connectivity index (χ1n) is 4.42. The summed E-state index contributed by atoms with van der Waals surface area (Å²) in [6.45, 7) is 4.40. The summed E-state index contributed by atoms with van der Waals surface area (Å²) < 4.78 is 0. The average molecular weight is 142 g/mol. The standard InChI is InChI=1S/C9H18O/c1-3-8-4-5-9(10)7(2)6-8/h7-10H,3-6H2,1-2H3. The first-order chi connectivity index (χ1) is 4.74. The Morgan fingerprint density at radius 3 is 2.60 bits per heavy atom. The third-order valence-electron chi connectivity index (χ3n) is 2.81. The Bertz CT molecular complexity index is 101. The molecule has 0 amide bonds. The minimum Gasteiger partial charge on any atom is -0.393 e. The van der Waals surface area contributed by atoms with E-state index in [0.29, 0.717) is 5.92 Å². The molecule has 0 aromatic carbocycles. The highest BCUT2D eigenvalue weighted by Crippen LogP contribution is 2.30. The van der Waals surface area contributed by atoms with Crippen molar-refractivity contribution in [2.75, 3.05) is 0 Å². The zero-order valence-electron chi connectivity index (χ0n) is 7.01. The molecule has 1 fully saturated rings. The van der Waals surface area contributed by atoms with Gasteiger partial charge < -0.3 is 5.11 Å². The van der Waals surface area contributed by atoms with E-state index in [0.717, 1.165) is 12.3 Å². The summed E-state index contributed by atoms with van der Waals surface area (Å²) >= 11 is 0. The topological polar surface area (TPSA) is 20.2 Å². The molecule has 0 heterocycles. The minimum absolute atomic E-state index is 0.0113. The van der Waals surface area contributed by atoms with E-state index in [1.54, 1.807) is 0 Å². The van der Waals surface area contributed by atoms with Crippen molar-refractivity contribution in [3.05, 3.63) is 0 Å². The van der Waals surface area contributed by atoms with Gasteiger partial charge in [0.15, 0.2) is 0 Å². The highest BCUT2D eigenvalue weighted by atomic mass is 16.3. The molecule has 0 aliphatic heterocycles. The van der Waals surface area contributed by atoms with E-state index in [-0.39, 0.29) is 6.10 Å². The highest BCUT2D eigenvalue weighted by molar-refractivity contribution is 4.75. The molecule has 60 valence electrons. The normalized spacial score (nSPS) is 41.7. The third-order valence-corrected chi connectivity index (χ3v) is 2.81. The van der Waals surface area contributed by atoms with Crippen LogP contribution in [0, 0.1) is 11.8 Å². The first kappa shape index (κ1) is 8.06. The Hall–Kier alpha value is -0.0400. The number of hydrogen-bond acceptors (Lipinski definition) is 1. The van der Waals surface area contributed by atoms with Crippen LogP contribution in [-0.2, 0) is 0 Å². The number of rotatable bonds is 1. The SMILES string of the molecule is CCC1CCC(O)C(C)C1. The van der Waals surface area contributed by atoms with Crippen molar-refractivity contribution in [1.82, 2.24) is 0 Å². The van der Waals surface area contributed by atoms with E-state index in [2.05, 4.69) is 13.8 Å². The van der Waals surface area contributed by atoms with Crippen molar-refractivity contribution < 1.29 is 5.11 Å². The fraction of sp³-hybridized carbons (Fsp3) is 1.00. The molecular weight excluding hydrogens is 124 g/mol. The van der Waals surface area contributed by atoms with Crippen LogP contribution in [0.4, 0.5) is 0 Å². The van der Waals surface area contributed by atoms with Gasteiger partial charge in [0.05, 0.1) is 6.10 Å². The van der Waals surface area contributed by atoms with Gasteiger partial charge in [0, 0.05) is 0 Å². The Balaban J connectivity index is 2.33. The summed E-state index contributed by atoms with van der Waals surface area (Å²) in [5.74, 6) is 1.43. The van der Waals surface area contributed by atoms with Crippen LogP contribution in [-0.4, -0.2) is 11.2 Å². The molecule has 0 bridgehead atoms.